The van der Waals surface area contributed by atoms with Gasteiger partial charge < -0.3 is 5.32 Å². The van der Waals surface area contributed by atoms with Crippen LogP contribution >= 0.6 is 11.5 Å². The van der Waals surface area contributed by atoms with Crippen LogP contribution in [0.5, 0.6) is 0 Å². The minimum absolute atomic E-state index is 0.00532. The third-order valence-corrected chi connectivity index (χ3v) is 6.04. The molecular formula is C14H19N3OS. The van der Waals surface area contributed by atoms with Crippen LogP contribution in [0, 0.1) is 23.2 Å². The standard InChI is InChI=1S/C14H19N3OS/c18-13(12-7-16-17-19-12)15-8-14-4-9-1-10(5-14)3-11(2-9)6-14/h7,9-11H,1-6,8H2,(H,15,18). The summed E-state index contributed by atoms with van der Waals surface area (Å²) in [6.45, 7) is 0.854. The first-order chi connectivity index (χ1) is 9.22. The number of hydrogen-bond donors (Lipinski definition) is 1. The average Bonchev–Trinajstić information content (AvgIpc) is 2.88. The van der Waals surface area contributed by atoms with E-state index in [1.807, 2.05) is 0 Å². The Hall–Kier alpha value is -0.970. The number of nitrogens with zero attached hydrogens (tertiary/aromatic N) is 2. The highest BCUT2D eigenvalue weighted by Gasteiger charge is 2.50. The molecule has 4 nitrogen and oxygen atoms in total. The van der Waals surface area contributed by atoms with Crippen LogP contribution in [0.4, 0.5) is 0 Å². The quantitative estimate of drug-likeness (QED) is 0.923. The molecule has 0 aromatic carbocycles. The molecule has 0 saturated heterocycles. The van der Waals surface area contributed by atoms with Gasteiger partial charge in [0.1, 0.15) is 4.88 Å². The number of nitrogens with one attached hydrogen (secondary N) is 1. The minimum Gasteiger partial charge on any atom is -0.351 e. The normalized spacial score (nSPS) is 39.5. The van der Waals surface area contributed by atoms with Crippen LogP contribution in [-0.2, 0) is 0 Å². The molecule has 4 aliphatic rings. The lowest BCUT2D eigenvalue weighted by Gasteiger charge is -2.56. The molecular weight excluding hydrogens is 258 g/mol. The summed E-state index contributed by atoms with van der Waals surface area (Å²) in [7, 11) is 0. The van der Waals surface area contributed by atoms with E-state index >= 15 is 0 Å². The molecule has 1 aromatic heterocycles. The topological polar surface area (TPSA) is 54.9 Å². The number of rotatable bonds is 3. The molecule has 1 N–H and O–H groups in total. The lowest BCUT2D eigenvalue weighted by atomic mass is 9.49. The average molecular weight is 277 g/mol. The van der Waals surface area contributed by atoms with Crippen LogP contribution in [0.25, 0.3) is 0 Å². The van der Waals surface area contributed by atoms with Gasteiger partial charge in [0.25, 0.3) is 5.91 Å². The number of amides is 1. The Kier molecular flexibility index (Phi) is 2.65. The van der Waals surface area contributed by atoms with E-state index in [1.165, 1.54) is 50.1 Å². The van der Waals surface area contributed by atoms with E-state index in [1.54, 1.807) is 6.20 Å². The van der Waals surface area contributed by atoms with Crippen LogP contribution in [0.15, 0.2) is 6.20 Å². The first-order valence-corrected chi connectivity index (χ1v) is 8.05. The van der Waals surface area contributed by atoms with E-state index < -0.39 is 0 Å². The van der Waals surface area contributed by atoms with E-state index in [2.05, 4.69) is 14.9 Å². The maximum absolute atomic E-state index is 12.0. The van der Waals surface area contributed by atoms with Gasteiger partial charge in [-0.15, -0.1) is 5.10 Å². The van der Waals surface area contributed by atoms with Crippen molar-refractivity contribution in [1.82, 2.24) is 14.9 Å². The van der Waals surface area contributed by atoms with Gasteiger partial charge in [-0.2, -0.15) is 0 Å². The van der Waals surface area contributed by atoms with Gasteiger partial charge in [0.15, 0.2) is 0 Å². The lowest BCUT2D eigenvalue weighted by Crippen LogP contribution is -2.51. The van der Waals surface area contributed by atoms with Crippen molar-refractivity contribution in [3.8, 4) is 0 Å². The maximum atomic E-state index is 12.0. The first-order valence-electron chi connectivity index (χ1n) is 7.28. The highest BCUT2D eigenvalue weighted by atomic mass is 32.1. The molecule has 1 aromatic rings. The molecule has 0 aliphatic heterocycles. The summed E-state index contributed by atoms with van der Waals surface area (Å²) < 4.78 is 3.75. The Labute approximate surface area is 117 Å². The third-order valence-electron chi connectivity index (χ3n) is 5.37. The van der Waals surface area contributed by atoms with Crippen LogP contribution in [-0.4, -0.2) is 22.0 Å². The van der Waals surface area contributed by atoms with Crippen molar-refractivity contribution < 1.29 is 4.79 Å². The Balaban J connectivity index is 1.44. The predicted molar refractivity (Wildman–Crippen MR) is 72.8 cm³/mol. The Morgan fingerprint density at radius 1 is 1.26 bits per heavy atom. The largest absolute Gasteiger partial charge is 0.351 e. The molecule has 1 heterocycles. The van der Waals surface area contributed by atoms with Crippen LogP contribution in [0.2, 0.25) is 0 Å². The molecule has 19 heavy (non-hydrogen) atoms. The van der Waals surface area contributed by atoms with Crippen molar-refractivity contribution in [2.24, 2.45) is 23.2 Å². The van der Waals surface area contributed by atoms with Gasteiger partial charge in [-0.25, -0.2) is 0 Å². The highest BCUT2D eigenvalue weighted by Crippen LogP contribution is 2.59. The smallest absolute Gasteiger partial charge is 0.264 e. The van der Waals surface area contributed by atoms with Crippen LogP contribution in [0.1, 0.15) is 48.2 Å². The van der Waals surface area contributed by atoms with Crippen molar-refractivity contribution in [2.75, 3.05) is 6.54 Å². The molecule has 4 bridgehead atoms. The second-order valence-corrected chi connectivity index (χ2v) is 7.67. The van der Waals surface area contributed by atoms with Gasteiger partial charge in [0.05, 0.1) is 6.20 Å². The summed E-state index contributed by atoms with van der Waals surface area (Å²) in [5.41, 5.74) is 0.405. The molecule has 5 heteroatoms. The summed E-state index contributed by atoms with van der Waals surface area (Å²) in [5, 5.41) is 6.86. The summed E-state index contributed by atoms with van der Waals surface area (Å²) >= 11 is 1.17. The highest BCUT2D eigenvalue weighted by molar-refractivity contribution is 7.07. The Morgan fingerprint density at radius 3 is 2.42 bits per heavy atom. The molecule has 0 radical (unpaired) electrons. The van der Waals surface area contributed by atoms with Crippen molar-refractivity contribution in [3.63, 3.8) is 0 Å². The molecule has 4 fully saturated rings. The number of carbonyl (C=O) groups is 1. The fourth-order valence-electron chi connectivity index (χ4n) is 5.13. The van der Waals surface area contributed by atoms with Gasteiger partial charge in [0, 0.05) is 6.54 Å². The third kappa shape index (κ3) is 2.08. The molecule has 0 unspecified atom stereocenters. The molecule has 0 spiro atoms. The van der Waals surface area contributed by atoms with Crippen LogP contribution < -0.4 is 5.32 Å². The second-order valence-electron chi connectivity index (χ2n) is 6.88. The molecule has 5 rings (SSSR count). The zero-order chi connectivity index (χ0) is 12.9. The zero-order valence-corrected chi connectivity index (χ0v) is 11.8. The van der Waals surface area contributed by atoms with Gasteiger partial charge in [-0.1, -0.05) is 4.49 Å². The molecule has 4 aliphatic carbocycles. The Morgan fingerprint density at radius 2 is 1.89 bits per heavy atom. The monoisotopic (exact) mass is 277 g/mol. The zero-order valence-electron chi connectivity index (χ0n) is 11.0. The summed E-state index contributed by atoms with van der Waals surface area (Å²) in [6, 6.07) is 0. The van der Waals surface area contributed by atoms with Crippen molar-refractivity contribution >= 4 is 17.4 Å². The van der Waals surface area contributed by atoms with E-state index in [9.17, 15) is 4.79 Å². The number of aromatic nitrogens is 2. The molecule has 102 valence electrons. The van der Waals surface area contributed by atoms with E-state index in [0.29, 0.717) is 10.3 Å². The Bertz CT molecular complexity index is 450. The number of carbonyl (C=O) groups excluding carboxylic acids is 1. The summed E-state index contributed by atoms with van der Waals surface area (Å²) in [6.07, 6.45) is 9.91. The minimum atomic E-state index is 0.00532. The summed E-state index contributed by atoms with van der Waals surface area (Å²) in [5.74, 6) is 2.82. The van der Waals surface area contributed by atoms with E-state index in [0.717, 1.165) is 24.3 Å². The van der Waals surface area contributed by atoms with Crippen LogP contribution in [0.3, 0.4) is 0 Å². The molecule has 4 saturated carbocycles. The van der Waals surface area contributed by atoms with Gasteiger partial charge in [0.2, 0.25) is 0 Å². The van der Waals surface area contributed by atoms with Crippen molar-refractivity contribution in [3.05, 3.63) is 11.1 Å². The lowest BCUT2D eigenvalue weighted by molar-refractivity contribution is -0.0503. The first kappa shape index (κ1) is 11.8. The van der Waals surface area contributed by atoms with Gasteiger partial charge in [-0.05, 0) is 73.2 Å². The van der Waals surface area contributed by atoms with Gasteiger partial charge >= 0.3 is 0 Å². The summed E-state index contributed by atoms with van der Waals surface area (Å²) in [4.78, 5) is 12.6. The molecule has 0 atom stereocenters. The van der Waals surface area contributed by atoms with Gasteiger partial charge in [-0.3, -0.25) is 4.79 Å². The predicted octanol–water partition coefficient (Wildman–Crippen LogP) is 2.48. The fraction of sp³-hybridized carbons (Fsp3) is 0.786. The van der Waals surface area contributed by atoms with E-state index in [-0.39, 0.29) is 5.91 Å². The van der Waals surface area contributed by atoms with E-state index in [4.69, 9.17) is 0 Å². The van der Waals surface area contributed by atoms with Crippen molar-refractivity contribution in [1.29, 1.82) is 0 Å². The van der Waals surface area contributed by atoms with Crippen molar-refractivity contribution in [2.45, 2.75) is 38.5 Å². The fourth-order valence-corrected chi connectivity index (χ4v) is 5.56. The molecule has 1 amide bonds. The maximum Gasteiger partial charge on any atom is 0.264 e. The number of hydrogen-bond acceptors (Lipinski definition) is 4. The second kappa shape index (κ2) is 4.27. The SMILES string of the molecule is O=C(NCC12CC3CC(CC(C3)C1)C2)c1cnns1.